The van der Waals surface area contributed by atoms with Gasteiger partial charge in [0.05, 0.1) is 39.9 Å². The number of aliphatic hydroxyl groups is 1. The summed E-state index contributed by atoms with van der Waals surface area (Å²) in [6, 6.07) is -0.862. The lowest BCUT2D eigenvalue weighted by Gasteiger charge is -2.25. The van der Waals surface area contributed by atoms with Crippen molar-refractivity contribution in [1.29, 1.82) is 0 Å². The summed E-state index contributed by atoms with van der Waals surface area (Å²) in [5, 5.41) is 13.9. The van der Waals surface area contributed by atoms with Crippen molar-refractivity contribution in [3.8, 4) is 0 Å². The number of carbonyl (C=O) groups is 1. The van der Waals surface area contributed by atoms with Gasteiger partial charge in [-0.05, 0) is 83.5 Å². The van der Waals surface area contributed by atoms with E-state index in [0.29, 0.717) is 17.4 Å². The highest BCUT2D eigenvalue weighted by molar-refractivity contribution is 7.47. The minimum atomic E-state index is -4.35. The van der Waals surface area contributed by atoms with Crippen molar-refractivity contribution in [1.82, 2.24) is 5.32 Å². The molecule has 0 bridgehead atoms. The standard InChI is InChI=1S/C59H103N2O6P/c1-6-8-10-12-14-16-18-20-22-23-24-25-26-27-28-29-30-31-32-33-34-35-36-37-39-41-43-45-47-49-51-53-59(63)60-57(56-67-68(64,65)66-55-54-61(3,4)5)58(62)52-50-48-46-44-42-40-38-21-19-17-15-13-11-9-7-2/h8,10,14,16,20,22,24-25,27-28,30-31,33-34,36-37,50,52,57-58,62H,6-7,9,11-13,15,17-19,21,23,26,29,32,35,38-49,51,53-56H2,1-5H3,(H-,60,63,64,65)/p+1/b10-8-,16-14-,22-20-,25-24-,28-27-,31-30-,34-33-,37-36-,52-50+. The van der Waals surface area contributed by atoms with Crippen LogP contribution in [0.3, 0.4) is 0 Å². The van der Waals surface area contributed by atoms with E-state index < -0.39 is 20.0 Å². The Bertz CT molecular complexity index is 1470. The zero-order valence-electron chi connectivity index (χ0n) is 44.3. The Balaban J connectivity index is 4.28. The summed E-state index contributed by atoms with van der Waals surface area (Å²) in [5.41, 5.74) is 0. The van der Waals surface area contributed by atoms with E-state index in [2.05, 4.69) is 116 Å². The molecule has 0 aromatic rings. The molecule has 9 heteroatoms. The lowest BCUT2D eigenvalue weighted by atomic mass is 10.0. The molecule has 0 aliphatic rings. The lowest BCUT2D eigenvalue weighted by Crippen LogP contribution is -2.45. The van der Waals surface area contributed by atoms with Gasteiger partial charge in [-0.15, -0.1) is 0 Å². The number of phosphoric ester groups is 1. The predicted octanol–water partition coefficient (Wildman–Crippen LogP) is 16.4. The minimum absolute atomic E-state index is 0.0526. The molecular formula is C59H104N2O6P+. The fraction of sp³-hybridized carbons (Fsp3) is 0.678. The number of hydrogen-bond acceptors (Lipinski definition) is 5. The van der Waals surface area contributed by atoms with Crippen molar-refractivity contribution < 1.29 is 32.9 Å². The van der Waals surface area contributed by atoms with E-state index in [4.69, 9.17) is 9.05 Å². The topological polar surface area (TPSA) is 105 Å². The summed E-state index contributed by atoms with van der Waals surface area (Å²) in [4.78, 5) is 23.2. The molecule has 0 rings (SSSR count). The fourth-order valence-electron chi connectivity index (χ4n) is 7.23. The zero-order valence-corrected chi connectivity index (χ0v) is 45.2. The molecule has 0 aliphatic heterocycles. The molecule has 8 nitrogen and oxygen atoms in total. The molecule has 3 N–H and O–H groups in total. The number of phosphoric acid groups is 1. The van der Waals surface area contributed by atoms with Crippen molar-refractivity contribution in [3.63, 3.8) is 0 Å². The van der Waals surface area contributed by atoms with Gasteiger partial charge in [0.1, 0.15) is 13.2 Å². The molecule has 0 aliphatic carbocycles. The average molecular weight is 968 g/mol. The largest absolute Gasteiger partial charge is 0.472 e. The van der Waals surface area contributed by atoms with Crippen LogP contribution >= 0.6 is 7.82 Å². The van der Waals surface area contributed by atoms with Crippen LogP contribution < -0.4 is 5.32 Å². The van der Waals surface area contributed by atoms with E-state index >= 15 is 0 Å². The minimum Gasteiger partial charge on any atom is -0.387 e. The van der Waals surface area contributed by atoms with Gasteiger partial charge in [0.25, 0.3) is 0 Å². The molecule has 0 saturated carbocycles. The van der Waals surface area contributed by atoms with E-state index in [9.17, 15) is 19.4 Å². The van der Waals surface area contributed by atoms with Gasteiger partial charge < -0.3 is 19.8 Å². The number of unbranched alkanes of at least 4 members (excludes halogenated alkanes) is 19. The Morgan fingerprint density at radius 1 is 0.515 bits per heavy atom. The lowest BCUT2D eigenvalue weighted by molar-refractivity contribution is -0.870. The Hall–Kier alpha value is -2.84. The second kappa shape index (κ2) is 49.2. The molecule has 0 spiro atoms. The van der Waals surface area contributed by atoms with Crippen LogP contribution in [0.1, 0.15) is 206 Å². The molecule has 0 fully saturated rings. The average Bonchev–Trinajstić information content (AvgIpc) is 3.30. The van der Waals surface area contributed by atoms with E-state index in [1.54, 1.807) is 6.08 Å². The quantitative estimate of drug-likeness (QED) is 0.0243. The molecule has 68 heavy (non-hydrogen) atoms. The van der Waals surface area contributed by atoms with Crippen molar-refractivity contribution >= 4 is 13.7 Å². The van der Waals surface area contributed by atoms with Crippen LogP contribution in [-0.4, -0.2) is 73.4 Å². The van der Waals surface area contributed by atoms with E-state index in [1.807, 2.05) is 27.2 Å². The smallest absolute Gasteiger partial charge is 0.387 e. The number of quaternary nitrogens is 1. The van der Waals surface area contributed by atoms with Crippen molar-refractivity contribution in [2.75, 3.05) is 40.9 Å². The molecule has 1 amide bonds. The highest BCUT2D eigenvalue weighted by Gasteiger charge is 2.27. The first-order chi connectivity index (χ1) is 33.0. The second-order valence-electron chi connectivity index (χ2n) is 19.2. The van der Waals surface area contributed by atoms with Gasteiger partial charge in [-0.2, -0.15) is 0 Å². The van der Waals surface area contributed by atoms with Crippen LogP contribution in [0.15, 0.2) is 109 Å². The first kappa shape index (κ1) is 65.2. The molecule has 3 atom stereocenters. The van der Waals surface area contributed by atoms with E-state index in [-0.39, 0.29) is 19.1 Å². The van der Waals surface area contributed by atoms with E-state index in [0.717, 1.165) is 103 Å². The number of aliphatic hydroxyl groups excluding tert-OH is 1. The van der Waals surface area contributed by atoms with Crippen LogP contribution in [-0.2, 0) is 18.4 Å². The first-order valence-electron chi connectivity index (χ1n) is 27.3. The third-order valence-electron chi connectivity index (χ3n) is 11.5. The third kappa shape index (κ3) is 51.0. The highest BCUT2D eigenvalue weighted by Crippen LogP contribution is 2.43. The monoisotopic (exact) mass is 968 g/mol. The summed E-state index contributed by atoms with van der Waals surface area (Å²) < 4.78 is 23.6. The molecule has 0 aromatic carbocycles. The van der Waals surface area contributed by atoms with Crippen molar-refractivity contribution in [3.05, 3.63) is 109 Å². The predicted molar refractivity (Wildman–Crippen MR) is 295 cm³/mol. The van der Waals surface area contributed by atoms with Crippen LogP contribution in [0.2, 0.25) is 0 Å². The van der Waals surface area contributed by atoms with Gasteiger partial charge in [0, 0.05) is 6.42 Å². The molecule has 0 radical (unpaired) electrons. The number of nitrogens with one attached hydrogen (secondary N) is 1. The summed E-state index contributed by atoms with van der Waals surface area (Å²) in [5.74, 6) is -0.196. The van der Waals surface area contributed by atoms with E-state index in [1.165, 1.54) is 83.5 Å². The summed E-state index contributed by atoms with van der Waals surface area (Å²) in [7, 11) is 1.55. The number of carbonyl (C=O) groups excluding carboxylic acids is 1. The maximum atomic E-state index is 12.9. The Labute approximate surface area is 419 Å². The van der Waals surface area contributed by atoms with Crippen LogP contribution in [0, 0.1) is 0 Å². The number of rotatable bonds is 48. The number of nitrogens with zero attached hydrogens (tertiary/aromatic N) is 1. The molecule has 0 aromatic heterocycles. The third-order valence-corrected chi connectivity index (χ3v) is 12.5. The van der Waals surface area contributed by atoms with Crippen LogP contribution in [0.4, 0.5) is 0 Å². The highest BCUT2D eigenvalue weighted by atomic mass is 31.2. The SMILES string of the molecule is CC/C=C\C/C=C\C/C=C\C/C=C\C/C=C\C/C=C\C/C=C\C/C=C\CCCCCCCCC(=O)NC(COP(=O)(O)OCC[N+](C)(C)C)C(O)/C=C/CCCCCCCCCCCCCCC. The number of amides is 1. The number of hydrogen-bond donors (Lipinski definition) is 3. The summed E-state index contributed by atoms with van der Waals surface area (Å²) >= 11 is 0. The molecule has 0 heterocycles. The number of allylic oxidation sites excluding steroid dienone is 17. The maximum absolute atomic E-state index is 12.9. The molecular weight excluding hydrogens is 864 g/mol. The molecule has 0 saturated heterocycles. The summed E-state index contributed by atoms with van der Waals surface area (Å²) in [6.45, 7) is 4.67. The Morgan fingerprint density at radius 3 is 1.29 bits per heavy atom. The van der Waals surface area contributed by atoms with Crippen molar-refractivity contribution in [2.45, 2.75) is 219 Å². The Kier molecular flexibility index (Phi) is 47.1. The van der Waals surface area contributed by atoms with Gasteiger partial charge in [0.2, 0.25) is 5.91 Å². The normalized spacial score (nSPS) is 14.9. The van der Waals surface area contributed by atoms with Gasteiger partial charge >= 0.3 is 7.82 Å². The Morgan fingerprint density at radius 2 is 0.882 bits per heavy atom. The summed E-state index contributed by atoms with van der Waals surface area (Å²) in [6.07, 6.45) is 71.7. The van der Waals surface area contributed by atoms with Crippen molar-refractivity contribution in [2.24, 2.45) is 0 Å². The fourth-order valence-corrected chi connectivity index (χ4v) is 7.97. The molecule has 390 valence electrons. The first-order valence-corrected chi connectivity index (χ1v) is 28.8. The maximum Gasteiger partial charge on any atom is 0.472 e. The van der Waals surface area contributed by atoms with Gasteiger partial charge in [-0.25, -0.2) is 4.57 Å². The molecule has 3 unspecified atom stereocenters. The number of likely N-dealkylation sites (N-methyl/N-ethyl adjacent to an activating group) is 1. The van der Waals surface area contributed by atoms with Crippen LogP contribution in [0.5, 0.6) is 0 Å². The second-order valence-corrected chi connectivity index (χ2v) is 20.7. The van der Waals surface area contributed by atoms with Gasteiger partial charge in [0.15, 0.2) is 0 Å². The zero-order chi connectivity index (χ0) is 49.9. The van der Waals surface area contributed by atoms with Crippen LogP contribution in [0.25, 0.3) is 0 Å². The van der Waals surface area contributed by atoms with Gasteiger partial charge in [-0.1, -0.05) is 226 Å². The van der Waals surface area contributed by atoms with Gasteiger partial charge in [-0.3, -0.25) is 13.8 Å².